The van der Waals surface area contributed by atoms with Crippen molar-refractivity contribution in [2.24, 2.45) is 0 Å². The van der Waals surface area contributed by atoms with Gasteiger partial charge >= 0.3 is 0 Å². The van der Waals surface area contributed by atoms with E-state index in [4.69, 9.17) is 16.3 Å². The Balaban J connectivity index is 2.12. The summed E-state index contributed by atoms with van der Waals surface area (Å²) >= 11 is 6.04. The van der Waals surface area contributed by atoms with Crippen LogP contribution in [0.15, 0.2) is 54.2 Å². The number of fused-ring (bicyclic) bond motifs is 1. The number of Topliss-reactive ketones (excluding diaryl/α,β-unsaturated/α-hetero) is 1. The lowest BCUT2D eigenvalue weighted by Crippen LogP contribution is -2.34. The molecule has 4 nitrogen and oxygen atoms in total. The van der Waals surface area contributed by atoms with Crippen molar-refractivity contribution in [3.05, 3.63) is 70.4 Å². The summed E-state index contributed by atoms with van der Waals surface area (Å²) in [6.07, 6.45) is 0.973. The van der Waals surface area contributed by atoms with Gasteiger partial charge in [0.1, 0.15) is 11.5 Å². The van der Waals surface area contributed by atoms with Crippen LogP contribution in [-0.2, 0) is 0 Å². The average molecular weight is 358 g/mol. The molecule has 1 aliphatic rings. The largest absolute Gasteiger partial charge is 0.508 e. The van der Waals surface area contributed by atoms with E-state index < -0.39 is 6.10 Å². The highest BCUT2D eigenvalue weighted by molar-refractivity contribution is 6.31. The van der Waals surface area contributed by atoms with Crippen LogP contribution in [0.5, 0.6) is 11.5 Å². The van der Waals surface area contributed by atoms with Gasteiger partial charge in [-0.05, 0) is 45.0 Å². The van der Waals surface area contributed by atoms with Gasteiger partial charge < -0.3 is 15.2 Å². The number of carbonyl (C=O) groups is 1. The van der Waals surface area contributed by atoms with E-state index in [1.807, 2.05) is 20.8 Å². The van der Waals surface area contributed by atoms with Crippen molar-refractivity contribution in [1.29, 1.82) is 0 Å². The Bertz CT molecular complexity index is 852. The molecule has 0 bridgehead atoms. The highest BCUT2D eigenvalue weighted by atomic mass is 35.5. The maximum absolute atomic E-state index is 13.1. The third kappa shape index (κ3) is 3.64. The molecule has 2 aromatic rings. The van der Waals surface area contributed by atoms with Crippen molar-refractivity contribution < 1.29 is 14.6 Å². The summed E-state index contributed by atoms with van der Waals surface area (Å²) in [5.41, 5.74) is 1.16. The van der Waals surface area contributed by atoms with Crippen LogP contribution in [0.2, 0.25) is 5.02 Å². The standard InChI is InChI=1S/C20H20ClNO3/c1-20(2,3)22-11-15-18(24)14-10-12(21)8-9-17(14)25-19(15)13-6-4-5-7-16(13)23/h4-11,19,22-23H,1-3H3/b15-11+. The fourth-order valence-corrected chi connectivity index (χ4v) is 2.80. The molecule has 0 amide bonds. The van der Waals surface area contributed by atoms with Gasteiger partial charge in [0.15, 0.2) is 11.9 Å². The second kappa shape index (κ2) is 6.45. The lowest BCUT2D eigenvalue weighted by Gasteiger charge is -2.30. The molecular weight excluding hydrogens is 338 g/mol. The first kappa shape index (κ1) is 17.4. The number of hydrogen-bond donors (Lipinski definition) is 2. The van der Waals surface area contributed by atoms with E-state index in [1.165, 1.54) is 0 Å². The monoisotopic (exact) mass is 357 g/mol. The van der Waals surface area contributed by atoms with Crippen LogP contribution in [0.4, 0.5) is 0 Å². The number of rotatable bonds is 2. The van der Waals surface area contributed by atoms with E-state index in [1.54, 1.807) is 48.7 Å². The van der Waals surface area contributed by atoms with Gasteiger partial charge in [-0.15, -0.1) is 0 Å². The Kier molecular flexibility index (Phi) is 4.48. The van der Waals surface area contributed by atoms with Gasteiger partial charge in [0.2, 0.25) is 0 Å². The molecule has 0 saturated carbocycles. The van der Waals surface area contributed by atoms with Gasteiger partial charge in [-0.3, -0.25) is 4.79 Å². The molecule has 1 aliphatic heterocycles. The average Bonchev–Trinajstić information content (AvgIpc) is 2.54. The Hall–Kier alpha value is -2.46. The lowest BCUT2D eigenvalue weighted by molar-refractivity contribution is 0.0958. The maximum atomic E-state index is 13.1. The zero-order valence-corrected chi connectivity index (χ0v) is 15.1. The minimum Gasteiger partial charge on any atom is -0.508 e. The van der Waals surface area contributed by atoms with Crippen molar-refractivity contribution in [3.63, 3.8) is 0 Å². The van der Waals surface area contributed by atoms with Crippen molar-refractivity contribution in [2.45, 2.75) is 32.4 Å². The number of halogens is 1. The van der Waals surface area contributed by atoms with Crippen LogP contribution >= 0.6 is 11.6 Å². The quantitative estimate of drug-likeness (QED) is 0.769. The number of phenols is 1. The van der Waals surface area contributed by atoms with E-state index in [0.29, 0.717) is 27.5 Å². The summed E-state index contributed by atoms with van der Waals surface area (Å²) in [4.78, 5) is 13.1. The van der Waals surface area contributed by atoms with Crippen molar-refractivity contribution in [1.82, 2.24) is 5.32 Å². The summed E-state index contributed by atoms with van der Waals surface area (Å²) in [7, 11) is 0. The molecule has 130 valence electrons. The minimum absolute atomic E-state index is 0.0828. The number of ketones is 1. The van der Waals surface area contributed by atoms with Crippen molar-refractivity contribution >= 4 is 17.4 Å². The minimum atomic E-state index is -0.697. The van der Waals surface area contributed by atoms with Crippen LogP contribution in [0.3, 0.4) is 0 Å². The van der Waals surface area contributed by atoms with Gasteiger partial charge in [0.25, 0.3) is 0 Å². The number of para-hydroxylation sites is 1. The molecule has 1 unspecified atom stereocenters. The van der Waals surface area contributed by atoms with E-state index in [-0.39, 0.29) is 17.1 Å². The number of benzene rings is 2. The molecule has 3 rings (SSSR count). The van der Waals surface area contributed by atoms with Gasteiger partial charge in [0, 0.05) is 22.3 Å². The number of nitrogens with one attached hydrogen (secondary N) is 1. The summed E-state index contributed by atoms with van der Waals surface area (Å²) in [5, 5.41) is 13.9. The summed E-state index contributed by atoms with van der Waals surface area (Å²) in [5.74, 6) is 0.365. The van der Waals surface area contributed by atoms with Gasteiger partial charge in [-0.2, -0.15) is 0 Å². The van der Waals surface area contributed by atoms with Gasteiger partial charge in [-0.25, -0.2) is 0 Å². The zero-order chi connectivity index (χ0) is 18.2. The number of ether oxygens (including phenoxy) is 1. The first-order valence-corrected chi connectivity index (χ1v) is 8.40. The highest BCUT2D eigenvalue weighted by Crippen LogP contribution is 2.41. The summed E-state index contributed by atoms with van der Waals surface area (Å²) < 4.78 is 6.05. The Morgan fingerprint density at radius 3 is 2.60 bits per heavy atom. The fraction of sp³-hybridized carbons (Fsp3) is 0.250. The number of aromatic hydroxyl groups is 1. The van der Waals surface area contributed by atoms with E-state index in [0.717, 1.165) is 0 Å². The molecule has 5 heteroatoms. The van der Waals surface area contributed by atoms with Gasteiger partial charge in [-0.1, -0.05) is 29.8 Å². The summed E-state index contributed by atoms with van der Waals surface area (Å²) in [6, 6.07) is 11.8. The molecule has 25 heavy (non-hydrogen) atoms. The molecule has 2 N–H and O–H groups in total. The summed E-state index contributed by atoms with van der Waals surface area (Å²) in [6.45, 7) is 5.99. The Morgan fingerprint density at radius 2 is 1.92 bits per heavy atom. The molecule has 0 spiro atoms. The lowest BCUT2D eigenvalue weighted by atomic mass is 9.91. The molecule has 0 aliphatic carbocycles. The first-order valence-electron chi connectivity index (χ1n) is 8.03. The molecular formula is C20H20ClNO3. The third-order valence-corrected chi connectivity index (χ3v) is 4.09. The van der Waals surface area contributed by atoms with Crippen molar-refractivity contribution in [2.75, 3.05) is 0 Å². The number of carbonyl (C=O) groups excluding carboxylic acids is 1. The van der Waals surface area contributed by atoms with Crippen LogP contribution in [-0.4, -0.2) is 16.4 Å². The van der Waals surface area contributed by atoms with Crippen LogP contribution < -0.4 is 10.1 Å². The number of phenolic OH excluding ortho intramolecular Hbond substituents is 1. The van der Waals surface area contributed by atoms with Crippen LogP contribution in [0, 0.1) is 0 Å². The van der Waals surface area contributed by atoms with E-state index in [2.05, 4.69) is 5.32 Å². The van der Waals surface area contributed by atoms with Crippen LogP contribution in [0.25, 0.3) is 0 Å². The molecule has 0 aromatic heterocycles. The molecule has 0 radical (unpaired) electrons. The zero-order valence-electron chi connectivity index (χ0n) is 14.3. The van der Waals surface area contributed by atoms with E-state index >= 15 is 0 Å². The second-order valence-electron chi connectivity index (χ2n) is 7.02. The maximum Gasteiger partial charge on any atom is 0.198 e. The number of hydrogen-bond acceptors (Lipinski definition) is 4. The molecule has 0 saturated heterocycles. The Labute approximate surface area is 152 Å². The predicted octanol–water partition coefficient (Wildman–Crippen LogP) is 4.63. The molecule has 1 atom stereocenters. The molecule has 1 heterocycles. The van der Waals surface area contributed by atoms with Gasteiger partial charge in [0.05, 0.1) is 11.1 Å². The first-order chi connectivity index (χ1) is 11.8. The predicted molar refractivity (Wildman–Crippen MR) is 98.2 cm³/mol. The fourth-order valence-electron chi connectivity index (χ4n) is 2.62. The smallest absolute Gasteiger partial charge is 0.198 e. The SMILES string of the molecule is CC(C)(C)N/C=C1\C(=O)c2cc(Cl)ccc2OC1c1ccccc1O. The normalized spacial score (nSPS) is 18.6. The van der Waals surface area contributed by atoms with E-state index in [9.17, 15) is 9.90 Å². The molecule has 2 aromatic carbocycles. The van der Waals surface area contributed by atoms with Crippen LogP contribution in [0.1, 0.15) is 42.8 Å². The molecule has 0 fully saturated rings. The topological polar surface area (TPSA) is 58.6 Å². The van der Waals surface area contributed by atoms with Crippen molar-refractivity contribution in [3.8, 4) is 11.5 Å². The third-order valence-electron chi connectivity index (χ3n) is 3.86. The second-order valence-corrected chi connectivity index (χ2v) is 7.46. The highest BCUT2D eigenvalue weighted by Gasteiger charge is 2.34. The Morgan fingerprint density at radius 1 is 1.20 bits per heavy atom.